The highest BCUT2D eigenvalue weighted by atomic mass is 32.2. The fraction of sp³-hybridized carbons (Fsp3) is 0.727. The molecule has 0 spiro atoms. The van der Waals surface area contributed by atoms with Gasteiger partial charge >= 0.3 is 0 Å². The number of benzene rings is 1. The van der Waals surface area contributed by atoms with Crippen molar-refractivity contribution in [3.05, 3.63) is 29.3 Å². The fourth-order valence-electron chi connectivity index (χ4n) is 3.46. The maximum atomic E-state index is 11.1. The lowest BCUT2D eigenvalue weighted by Gasteiger charge is -2.16. The van der Waals surface area contributed by atoms with Crippen LogP contribution in [0.15, 0.2) is 23.1 Å². The first-order chi connectivity index (χ1) is 12.8. The molecule has 2 rings (SSSR count). The third-order valence-electron chi connectivity index (χ3n) is 5.30. The zero-order valence-electron chi connectivity index (χ0n) is 17.8. The first-order valence-corrected chi connectivity index (χ1v) is 14.2. The molecule has 0 amide bonds. The molecule has 0 fully saturated rings. The summed E-state index contributed by atoms with van der Waals surface area (Å²) in [7, 11) is -3.12. The second-order valence-corrected chi connectivity index (χ2v) is 12.0. The maximum Gasteiger partial charge on any atom is 0.238 e. The summed E-state index contributed by atoms with van der Waals surface area (Å²) in [6, 6.07) is 5.18. The van der Waals surface area contributed by atoms with E-state index in [2.05, 4.69) is 27.7 Å². The van der Waals surface area contributed by atoms with E-state index in [1.807, 2.05) is 6.07 Å². The van der Waals surface area contributed by atoms with Crippen LogP contribution in [0.2, 0.25) is 0 Å². The van der Waals surface area contributed by atoms with Gasteiger partial charge in [-0.25, -0.2) is 13.6 Å². The summed E-state index contributed by atoms with van der Waals surface area (Å²) in [5.74, 6) is 0.541. The first kappa shape index (κ1) is 24.6. The molecule has 0 aliphatic heterocycles. The van der Waals surface area contributed by atoms with Crippen molar-refractivity contribution >= 4 is 17.9 Å². The normalized spacial score (nSPS) is 16.1. The molecule has 0 bridgehead atoms. The zero-order chi connectivity index (χ0) is 20.3. The van der Waals surface area contributed by atoms with Crippen LogP contribution in [0.1, 0.15) is 89.7 Å². The van der Waals surface area contributed by atoms with Crippen LogP contribution in [-0.4, -0.2) is 26.9 Å². The van der Waals surface area contributed by atoms with Crippen molar-refractivity contribution < 1.29 is 8.42 Å². The molecular formula is C22H40NO2PS. The molecule has 1 aliphatic rings. The van der Waals surface area contributed by atoms with Gasteiger partial charge in [-0.1, -0.05) is 53.0 Å². The number of fused-ring (bicyclic) bond motifs is 1. The summed E-state index contributed by atoms with van der Waals surface area (Å²) >= 11 is 0. The molecular weight excluding hydrogens is 373 g/mol. The second kappa shape index (κ2) is 12.9. The maximum absolute atomic E-state index is 11.1. The average molecular weight is 414 g/mol. The number of unbranched alkanes of at least 4 members (excludes halogenated alkanes) is 3. The Morgan fingerprint density at radius 3 is 1.96 bits per heavy atom. The quantitative estimate of drug-likeness (QED) is 0.461. The Labute approximate surface area is 169 Å². The fourth-order valence-corrected chi connectivity index (χ4v) is 6.99. The van der Waals surface area contributed by atoms with Crippen molar-refractivity contribution in [3.8, 4) is 0 Å². The molecule has 1 aliphatic carbocycles. The highest BCUT2D eigenvalue weighted by Crippen LogP contribution is 2.38. The Kier molecular flexibility index (Phi) is 11.8. The van der Waals surface area contributed by atoms with E-state index in [1.165, 1.54) is 44.1 Å². The van der Waals surface area contributed by atoms with Gasteiger partial charge in [-0.2, -0.15) is 0 Å². The number of hydrogen-bond acceptors (Lipinski definition) is 2. The third kappa shape index (κ3) is 9.07. The topological polar surface area (TPSA) is 60.2 Å². The average Bonchev–Trinajstić information content (AvgIpc) is 3.01. The molecule has 0 radical (unpaired) electrons. The van der Waals surface area contributed by atoms with E-state index in [9.17, 15) is 8.42 Å². The van der Waals surface area contributed by atoms with E-state index in [-0.39, 0.29) is 4.90 Å². The van der Waals surface area contributed by atoms with Crippen molar-refractivity contribution in [2.24, 2.45) is 5.14 Å². The molecule has 2 N–H and O–H groups in total. The number of nitrogens with two attached hydrogens (primary N) is 1. The van der Waals surface area contributed by atoms with Gasteiger partial charge in [-0.15, -0.1) is 7.92 Å². The summed E-state index contributed by atoms with van der Waals surface area (Å²) in [4.78, 5) is 0.227. The van der Waals surface area contributed by atoms with Crippen LogP contribution in [0.5, 0.6) is 0 Å². The summed E-state index contributed by atoms with van der Waals surface area (Å²) in [6.45, 7) is 9.09. The standard InChI is InChI=1S/C12H27P.C10H13NO2S/c1-4-7-10-13(11-8-5-2)12-9-6-3;1-7-2-3-8-6-9(14(11,12)13)4-5-10(7)8/h4-12H2,1-3H3;4-7H,2-3H2,1H3,(H2,11,12,13). The molecule has 0 aromatic heterocycles. The predicted octanol–water partition coefficient (Wildman–Crippen LogP) is 6.25. The van der Waals surface area contributed by atoms with Gasteiger partial charge in [0, 0.05) is 0 Å². The Hall–Kier alpha value is -0.440. The molecule has 1 atom stereocenters. The van der Waals surface area contributed by atoms with Crippen LogP contribution in [0.4, 0.5) is 0 Å². The van der Waals surface area contributed by atoms with Crippen molar-refractivity contribution in [3.63, 3.8) is 0 Å². The minimum absolute atomic E-state index is 0.227. The van der Waals surface area contributed by atoms with Gasteiger partial charge in [0.1, 0.15) is 0 Å². The molecule has 0 saturated carbocycles. The Bertz CT molecular complexity index is 627. The van der Waals surface area contributed by atoms with E-state index in [0.29, 0.717) is 13.8 Å². The minimum Gasteiger partial charge on any atom is -0.225 e. The molecule has 0 saturated heterocycles. The summed E-state index contributed by atoms with van der Waals surface area (Å²) < 4.78 is 22.2. The monoisotopic (exact) mass is 413 g/mol. The van der Waals surface area contributed by atoms with Crippen LogP contribution in [-0.2, 0) is 16.4 Å². The van der Waals surface area contributed by atoms with Crippen molar-refractivity contribution in [1.29, 1.82) is 0 Å². The molecule has 1 aromatic carbocycles. The largest absolute Gasteiger partial charge is 0.238 e. The minimum atomic E-state index is -3.54. The van der Waals surface area contributed by atoms with Gasteiger partial charge < -0.3 is 0 Å². The number of rotatable bonds is 10. The third-order valence-corrected chi connectivity index (χ3v) is 9.06. The number of aryl methyl sites for hydroxylation is 1. The SMILES string of the molecule is CC1CCc2cc(S(N)(=O)=O)ccc21.CCCCP(CCCC)CCCC. The lowest BCUT2D eigenvalue weighted by molar-refractivity contribution is 0.597. The van der Waals surface area contributed by atoms with E-state index in [4.69, 9.17) is 5.14 Å². The van der Waals surface area contributed by atoms with Gasteiger partial charge in [0.05, 0.1) is 4.90 Å². The van der Waals surface area contributed by atoms with Crippen LogP contribution >= 0.6 is 7.92 Å². The molecule has 1 unspecified atom stereocenters. The molecule has 1 aromatic rings. The Morgan fingerprint density at radius 1 is 1.00 bits per heavy atom. The lowest BCUT2D eigenvalue weighted by Crippen LogP contribution is -2.12. The Balaban J connectivity index is 0.000000271. The van der Waals surface area contributed by atoms with Gasteiger partial charge in [0.25, 0.3) is 0 Å². The van der Waals surface area contributed by atoms with E-state index >= 15 is 0 Å². The molecule has 3 nitrogen and oxygen atoms in total. The van der Waals surface area contributed by atoms with Crippen LogP contribution in [0.3, 0.4) is 0 Å². The van der Waals surface area contributed by atoms with Crippen molar-refractivity contribution in [2.45, 2.75) is 89.9 Å². The van der Waals surface area contributed by atoms with E-state index in [1.54, 1.807) is 30.6 Å². The van der Waals surface area contributed by atoms with Crippen molar-refractivity contribution in [1.82, 2.24) is 0 Å². The van der Waals surface area contributed by atoms with Gasteiger partial charge in [0.15, 0.2) is 0 Å². The second-order valence-electron chi connectivity index (χ2n) is 7.75. The smallest absolute Gasteiger partial charge is 0.225 e. The van der Waals surface area contributed by atoms with E-state index < -0.39 is 10.0 Å². The van der Waals surface area contributed by atoms with E-state index in [0.717, 1.165) is 18.4 Å². The highest BCUT2D eigenvalue weighted by molar-refractivity contribution is 7.89. The van der Waals surface area contributed by atoms with Gasteiger partial charge in [-0.05, 0) is 79.8 Å². The zero-order valence-corrected chi connectivity index (χ0v) is 19.5. The molecule has 5 heteroatoms. The van der Waals surface area contributed by atoms with Gasteiger partial charge in [0.2, 0.25) is 10.0 Å². The number of hydrogen-bond donors (Lipinski definition) is 1. The van der Waals surface area contributed by atoms with Gasteiger partial charge in [-0.3, -0.25) is 0 Å². The van der Waals surface area contributed by atoms with Crippen LogP contribution < -0.4 is 5.14 Å². The number of sulfonamides is 1. The summed E-state index contributed by atoms with van der Waals surface area (Å²) in [5, 5.41) is 5.06. The molecule has 27 heavy (non-hydrogen) atoms. The highest BCUT2D eigenvalue weighted by Gasteiger charge is 2.20. The Morgan fingerprint density at radius 2 is 1.52 bits per heavy atom. The predicted molar refractivity (Wildman–Crippen MR) is 121 cm³/mol. The van der Waals surface area contributed by atoms with Crippen LogP contribution in [0.25, 0.3) is 0 Å². The number of primary sulfonamides is 1. The summed E-state index contributed by atoms with van der Waals surface area (Å²) in [5.41, 5.74) is 2.39. The lowest BCUT2D eigenvalue weighted by atomic mass is 10.0. The first-order valence-electron chi connectivity index (χ1n) is 10.7. The van der Waals surface area contributed by atoms with Crippen molar-refractivity contribution in [2.75, 3.05) is 18.5 Å². The summed E-state index contributed by atoms with van der Waals surface area (Å²) in [6.07, 6.45) is 15.3. The molecule has 156 valence electrons. The van der Waals surface area contributed by atoms with Crippen LogP contribution in [0, 0.1) is 0 Å². The molecule has 0 heterocycles.